The monoisotopic (exact) mass is 433 g/mol. The fourth-order valence-electron chi connectivity index (χ4n) is 3.69. The second-order valence-corrected chi connectivity index (χ2v) is 7.43. The molecule has 0 saturated heterocycles. The van der Waals surface area contributed by atoms with Crippen LogP contribution in [0.2, 0.25) is 0 Å². The summed E-state index contributed by atoms with van der Waals surface area (Å²) in [6.45, 7) is 5.01. The normalized spacial score (nSPS) is 18.3. The summed E-state index contributed by atoms with van der Waals surface area (Å²) in [4.78, 5) is 0. The molecule has 1 fully saturated rings. The number of halogens is 3. The van der Waals surface area contributed by atoms with E-state index in [0.29, 0.717) is 0 Å². The molecule has 0 radical (unpaired) electrons. The van der Waals surface area contributed by atoms with Gasteiger partial charge in [-0.2, -0.15) is 0 Å². The molecule has 4 N–H and O–H groups in total. The van der Waals surface area contributed by atoms with Gasteiger partial charge in [-0.25, -0.2) is 0 Å². The molecule has 0 aromatic carbocycles. The van der Waals surface area contributed by atoms with Crippen molar-refractivity contribution in [3.8, 4) is 0 Å². The van der Waals surface area contributed by atoms with Gasteiger partial charge in [-0.05, 0) is 25.3 Å². The average molecular weight is 435 g/mol. The van der Waals surface area contributed by atoms with Crippen molar-refractivity contribution in [3.05, 3.63) is 0 Å². The number of rotatable bonds is 7. The molecule has 0 spiro atoms. The van der Waals surface area contributed by atoms with E-state index in [4.69, 9.17) is 5.73 Å². The predicted molar refractivity (Wildman–Crippen MR) is 125 cm³/mol. The van der Waals surface area contributed by atoms with Crippen molar-refractivity contribution in [2.24, 2.45) is 11.7 Å². The summed E-state index contributed by atoms with van der Waals surface area (Å²) in [5.41, 5.74) is 5.49. The standard InChI is InChI=1S/C20H43N3.3ClH/c21-15-16-22-17-18-23-19-20-13-11-9-7-5-3-1-2-4-6-8-10-12-14-20;;;/h20,22-23H,1-19,21H2;3*1H. The van der Waals surface area contributed by atoms with E-state index < -0.39 is 0 Å². The molecule has 0 aliphatic heterocycles. The molecule has 0 unspecified atom stereocenters. The SMILES string of the molecule is Cl.Cl.Cl.NCCNCCNCC1CCCCCCCCCCCCCC1. The van der Waals surface area contributed by atoms with E-state index in [2.05, 4.69) is 10.6 Å². The second-order valence-electron chi connectivity index (χ2n) is 7.43. The highest BCUT2D eigenvalue weighted by Crippen LogP contribution is 2.20. The van der Waals surface area contributed by atoms with Crippen molar-refractivity contribution in [2.75, 3.05) is 32.7 Å². The van der Waals surface area contributed by atoms with Crippen molar-refractivity contribution >= 4 is 37.2 Å². The zero-order chi connectivity index (χ0) is 16.4. The van der Waals surface area contributed by atoms with Gasteiger partial charge in [0, 0.05) is 26.2 Å². The van der Waals surface area contributed by atoms with Gasteiger partial charge in [0.25, 0.3) is 0 Å². The summed E-state index contributed by atoms with van der Waals surface area (Å²) in [5.74, 6) is 0.898. The average Bonchev–Trinajstić information content (AvgIpc) is 2.57. The van der Waals surface area contributed by atoms with E-state index in [-0.39, 0.29) is 37.2 Å². The van der Waals surface area contributed by atoms with Crippen molar-refractivity contribution in [3.63, 3.8) is 0 Å². The number of hydrogen-bond donors (Lipinski definition) is 3. The Hall–Kier alpha value is 0.750. The maximum atomic E-state index is 5.49. The van der Waals surface area contributed by atoms with Crippen LogP contribution in [-0.4, -0.2) is 32.7 Å². The molecule has 0 amide bonds. The van der Waals surface area contributed by atoms with Crippen molar-refractivity contribution < 1.29 is 0 Å². The van der Waals surface area contributed by atoms with Crippen LogP contribution in [0, 0.1) is 5.92 Å². The van der Waals surface area contributed by atoms with Gasteiger partial charge in [0.2, 0.25) is 0 Å². The molecule has 0 heterocycles. The summed E-state index contributed by atoms with van der Waals surface area (Å²) < 4.78 is 0. The van der Waals surface area contributed by atoms with Gasteiger partial charge in [0.1, 0.15) is 0 Å². The summed E-state index contributed by atoms with van der Waals surface area (Å²) in [6.07, 6.45) is 20.4. The van der Waals surface area contributed by atoms with Crippen LogP contribution in [0.15, 0.2) is 0 Å². The third kappa shape index (κ3) is 21.1. The van der Waals surface area contributed by atoms with E-state index in [9.17, 15) is 0 Å². The minimum Gasteiger partial charge on any atom is -0.329 e. The quantitative estimate of drug-likeness (QED) is 0.465. The summed E-state index contributed by atoms with van der Waals surface area (Å²) in [6, 6.07) is 0. The summed E-state index contributed by atoms with van der Waals surface area (Å²) in [7, 11) is 0. The Morgan fingerprint density at radius 1 is 0.538 bits per heavy atom. The Morgan fingerprint density at radius 3 is 1.35 bits per heavy atom. The highest BCUT2D eigenvalue weighted by atomic mass is 35.5. The van der Waals surface area contributed by atoms with Crippen LogP contribution in [0.1, 0.15) is 89.9 Å². The first-order chi connectivity index (χ1) is 11.4. The van der Waals surface area contributed by atoms with Crippen LogP contribution in [0.25, 0.3) is 0 Å². The minimum atomic E-state index is 0. The minimum absolute atomic E-state index is 0. The van der Waals surface area contributed by atoms with Crippen LogP contribution in [-0.2, 0) is 0 Å². The highest BCUT2D eigenvalue weighted by molar-refractivity contribution is 5.86. The first-order valence-electron chi connectivity index (χ1n) is 10.5. The largest absolute Gasteiger partial charge is 0.329 e. The number of nitrogens with two attached hydrogens (primary N) is 1. The Kier molecular flexibility index (Phi) is 31.1. The van der Waals surface area contributed by atoms with E-state index >= 15 is 0 Å². The van der Waals surface area contributed by atoms with Gasteiger partial charge in [-0.3, -0.25) is 0 Å². The molecule has 1 aliphatic rings. The summed E-state index contributed by atoms with van der Waals surface area (Å²) >= 11 is 0. The van der Waals surface area contributed by atoms with Crippen molar-refractivity contribution in [2.45, 2.75) is 89.9 Å². The first kappa shape index (κ1) is 31.4. The third-order valence-corrected chi connectivity index (χ3v) is 5.21. The molecule has 0 aromatic rings. The summed E-state index contributed by atoms with van der Waals surface area (Å²) in [5, 5.41) is 7.02. The lowest BCUT2D eigenvalue weighted by Crippen LogP contribution is -2.33. The maximum Gasteiger partial charge on any atom is 0.00772 e. The Morgan fingerprint density at radius 2 is 0.923 bits per heavy atom. The van der Waals surface area contributed by atoms with Gasteiger partial charge in [0.05, 0.1) is 0 Å². The molecule has 3 nitrogen and oxygen atoms in total. The highest BCUT2D eigenvalue weighted by Gasteiger charge is 2.08. The lowest BCUT2D eigenvalue weighted by atomic mass is 9.94. The van der Waals surface area contributed by atoms with Gasteiger partial charge >= 0.3 is 0 Å². The third-order valence-electron chi connectivity index (χ3n) is 5.21. The second kappa shape index (κ2) is 25.8. The molecule has 1 aliphatic carbocycles. The Bertz CT molecular complexity index is 230. The molecular weight excluding hydrogens is 389 g/mol. The lowest BCUT2D eigenvalue weighted by molar-refractivity contribution is 0.383. The van der Waals surface area contributed by atoms with Crippen LogP contribution >= 0.6 is 37.2 Å². The molecule has 0 atom stereocenters. The van der Waals surface area contributed by atoms with Crippen LogP contribution in [0.5, 0.6) is 0 Å². The van der Waals surface area contributed by atoms with Gasteiger partial charge in [-0.1, -0.05) is 77.0 Å². The number of hydrogen-bond acceptors (Lipinski definition) is 3. The van der Waals surface area contributed by atoms with Gasteiger partial charge in [-0.15, -0.1) is 37.2 Å². The van der Waals surface area contributed by atoms with Crippen molar-refractivity contribution in [1.82, 2.24) is 10.6 Å². The molecule has 26 heavy (non-hydrogen) atoms. The fraction of sp³-hybridized carbons (Fsp3) is 1.00. The van der Waals surface area contributed by atoms with Crippen LogP contribution < -0.4 is 16.4 Å². The molecule has 6 heteroatoms. The molecule has 162 valence electrons. The smallest absolute Gasteiger partial charge is 0.00772 e. The molecule has 1 saturated carbocycles. The topological polar surface area (TPSA) is 50.1 Å². The maximum absolute atomic E-state index is 5.49. The predicted octanol–water partition coefficient (Wildman–Crippen LogP) is 5.48. The van der Waals surface area contributed by atoms with E-state index in [0.717, 1.165) is 32.1 Å². The molecular formula is C20H46Cl3N3. The molecule has 0 bridgehead atoms. The van der Waals surface area contributed by atoms with Gasteiger partial charge in [0.15, 0.2) is 0 Å². The fourth-order valence-corrected chi connectivity index (χ4v) is 3.69. The van der Waals surface area contributed by atoms with Gasteiger partial charge < -0.3 is 16.4 Å². The van der Waals surface area contributed by atoms with E-state index in [1.807, 2.05) is 0 Å². The lowest BCUT2D eigenvalue weighted by Gasteiger charge is -2.18. The zero-order valence-electron chi connectivity index (χ0n) is 16.8. The van der Waals surface area contributed by atoms with Crippen molar-refractivity contribution in [1.29, 1.82) is 0 Å². The van der Waals surface area contributed by atoms with Crippen LogP contribution in [0.3, 0.4) is 0 Å². The Balaban J connectivity index is -0.00000176. The van der Waals surface area contributed by atoms with E-state index in [1.165, 1.54) is 96.4 Å². The number of nitrogens with one attached hydrogen (secondary N) is 2. The van der Waals surface area contributed by atoms with E-state index in [1.54, 1.807) is 0 Å². The van der Waals surface area contributed by atoms with Crippen LogP contribution in [0.4, 0.5) is 0 Å². The Labute approximate surface area is 182 Å². The molecule has 1 rings (SSSR count). The zero-order valence-corrected chi connectivity index (χ0v) is 19.3. The molecule has 0 aromatic heterocycles. The first-order valence-corrected chi connectivity index (χ1v) is 10.5.